The van der Waals surface area contributed by atoms with Crippen LogP contribution in [0.2, 0.25) is 0 Å². The first-order valence-electron chi connectivity index (χ1n) is 3.90. The third-order valence-corrected chi connectivity index (χ3v) is 2.39. The van der Waals surface area contributed by atoms with Crippen LogP contribution in [0.5, 0.6) is 0 Å². The van der Waals surface area contributed by atoms with Gasteiger partial charge in [0.2, 0.25) is 0 Å². The predicted molar refractivity (Wildman–Crippen MR) is 50.6 cm³/mol. The van der Waals surface area contributed by atoms with Crippen LogP contribution in [-0.4, -0.2) is 25.0 Å². The molecule has 0 bridgehead atoms. The van der Waals surface area contributed by atoms with Crippen LogP contribution in [0.4, 0.5) is 0 Å². The van der Waals surface area contributed by atoms with Gasteiger partial charge >= 0.3 is 0 Å². The van der Waals surface area contributed by atoms with Gasteiger partial charge in [-0.3, -0.25) is 0 Å². The summed E-state index contributed by atoms with van der Waals surface area (Å²) in [4.78, 5) is 0. The summed E-state index contributed by atoms with van der Waals surface area (Å²) in [7, 11) is 0. The molecule has 0 aromatic carbocycles. The number of alkyl halides is 2. The highest BCUT2D eigenvalue weighted by molar-refractivity contribution is 6.18. The zero-order valence-corrected chi connectivity index (χ0v) is 8.66. The maximum atomic E-state index is 5.60. The predicted octanol–water partition coefficient (Wildman–Crippen LogP) is 2.75. The average molecular weight is 199 g/mol. The molecule has 0 heterocycles. The van der Waals surface area contributed by atoms with Gasteiger partial charge in [-0.2, -0.15) is 0 Å². The zero-order chi connectivity index (χ0) is 8.69. The molecule has 3 heteroatoms. The Bertz CT molecular complexity index is 78.2. The molecule has 0 fully saturated rings. The molecule has 0 aromatic rings. The molecule has 0 aliphatic heterocycles. The van der Waals surface area contributed by atoms with E-state index in [0.717, 1.165) is 13.2 Å². The Kier molecular flexibility index (Phi) is 7.56. The maximum absolute atomic E-state index is 5.60. The minimum atomic E-state index is 0.444. The second kappa shape index (κ2) is 7.20. The second-order valence-corrected chi connectivity index (χ2v) is 3.67. The van der Waals surface area contributed by atoms with E-state index in [4.69, 9.17) is 27.9 Å². The lowest BCUT2D eigenvalue weighted by Crippen LogP contribution is -2.13. The monoisotopic (exact) mass is 198 g/mol. The minimum absolute atomic E-state index is 0.444. The Morgan fingerprint density at radius 1 is 1.00 bits per heavy atom. The Morgan fingerprint density at radius 2 is 1.36 bits per heavy atom. The normalized spacial score (nSPS) is 16.4. The van der Waals surface area contributed by atoms with Crippen molar-refractivity contribution in [3.05, 3.63) is 0 Å². The molecule has 1 nitrogen and oxygen atoms in total. The fraction of sp³-hybridized carbons (Fsp3) is 1.00. The van der Waals surface area contributed by atoms with Gasteiger partial charge in [-0.15, -0.1) is 23.2 Å². The van der Waals surface area contributed by atoms with Gasteiger partial charge in [-0.25, -0.2) is 0 Å². The van der Waals surface area contributed by atoms with E-state index in [9.17, 15) is 0 Å². The van der Waals surface area contributed by atoms with Gasteiger partial charge < -0.3 is 4.74 Å². The van der Waals surface area contributed by atoms with Crippen LogP contribution in [0.1, 0.15) is 13.8 Å². The lowest BCUT2D eigenvalue weighted by molar-refractivity contribution is 0.0902. The van der Waals surface area contributed by atoms with Gasteiger partial charge in [-0.05, 0) is 11.8 Å². The van der Waals surface area contributed by atoms with E-state index in [-0.39, 0.29) is 0 Å². The molecule has 0 saturated heterocycles. The molecule has 0 N–H and O–H groups in total. The quantitative estimate of drug-likeness (QED) is 0.597. The SMILES string of the molecule is C[C@H](CCl)COC[C@H](C)CCl. The van der Waals surface area contributed by atoms with E-state index in [1.165, 1.54) is 0 Å². The first kappa shape index (κ1) is 11.5. The second-order valence-electron chi connectivity index (χ2n) is 3.06. The summed E-state index contributed by atoms with van der Waals surface area (Å²) in [5.74, 6) is 2.21. The summed E-state index contributed by atoms with van der Waals surface area (Å²) in [6, 6.07) is 0. The van der Waals surface area contributed by atoms with Gasteiger partial charge in [-0.1, -0.05) is 13.8 Å². The molecule has 0 rings (SSSR count). The number of halogens is 2. The molecule has 2 atom stereocenters. The number of hydrogen-bond donors (Lipinski definition) is 0. The smallest absolute Gasteiger partial charge is 0.0503 e. The Labute approximate surface area is 79.0 Å². The molecule has 11 heavy (non-hydrogen) atoms. The lowest BCUT2D eigenvalue weighted by Gasteiger charge is -2.11. The van der Waals surface area contributed by atoms with Crippen LogP contribution in [0, 0.1) is 11.8 Å². The highest BCUT2D eigenvalue weighted by Gasteiger charge is 2.02. The minimum Gasteiger partial charge on any atom is -0.381 e. The van der Waals surface area contributed by atoms with Crippen molar-refractivity contribution in [2.75, 3.05) is 25.0 Å². The summed E-state index contributed by atoms with van der Waals surface area (Å²) in [5.41, 5.74) is 0. The standard InChI is InChI=1S/C8H16Cl2O/c1-7(3-9)5-11-6-8(2)4-10/h7-8H,3-6H2,1-2H3/t7-,8-/m1/s1. The van der Waals surface area contributed by atoms with Gasteiger partial charge in [0.15, 0.2) is 0 Å². The molecule has 68 valence electrons. The van der Waals surface area contributed by atoms with E-state index in [1.54, 1.807) is 0 Å². The van der Waals surface area contributed by atoms with Gasteiger partial charge in [0.05, 0.1) is 13.2 Å². The van der Waals surface area contributed by atoms with E-state index >= 15 is 0 Å². The van der Waals surface area contributed by atoms with Gasteiger partial charge in [0.25, 0.3) is 0 Å². The number of hydrogen-bond acceptors (Lipinski definition) is 1. The molecular weight excluding hydrogens is 183 g/mol. The van der Waals surface area contributed by atoms with Crippen molar-refractivity contribution in [3.63, 3.8) is 0 Å². The van der Waals surface area contributed by atoms with Crippen LogP contribution < -0.4 is 0 Å². The van der Waals surface area contributed by atoms with Gasteiger partial charge in [0.1, 0.15) is 0 Å². The van der Waals surface area contributed by atoms with E-state index in [1.807, 2.05) is 0 Å². The average Bonchev–Trinajstić information content (AvgIpc) is 2.04. The summed E-state index contributed by atoms with van der Waals surface area (Å²) < 4.78 is 5.37. The Hall–Kier alpha value is 0.540. The van der Waals surface area contributed by atoms with Crippen molar-refractivity contribution in [2.24, 2.45) is 11.8 Å². The van der Waals surface area contributed by atoms with Gasteiger partial charge in [0, 0.05) is 11.8 Å². The topological polar surface area (TPSA) is 9.23 Å². The van der Waals surface area contributed by atoms with Crippen molar-refractivity contribution < 1.29 is 4.74 Å². The van der Waals surface area contributed by atoms with Crippen LogP contribution >= 0.6 is 23.2 Å². The van der Waals surface area contributed by atoms with E-state index in [2.05, 4.69) is 13.8 Å². The summed E-state index contributed by atoms with van der Waals surface area (Å²) >= 11 is 11.2. The van der Waals surface area contributed by atoms with Crippen molar-refractivity contribution in [2.45, 2.75) is 13.8 Å². The van der Waals surface area contributed by atoms with Crippen LogP contribution in [0.15, 0.2) is 0 Å². The fourth-order valence-corrected chi connectivity index (χ4v) is 0.738. The highest BCUT2D eigenvalue weighted by Crippen LogP contribution is 2.02. The third-order valence-electron chi connectivity index (χ3n) is 1.33. The Morgan fingerprint density at radius 3 is 1.64 bits per heavy atom. The molecule has 0 unspecified atom stereocenters. The van der Waals surface area contributed by atoms with Crippen LogP contribution in [0.3, 0.4) is 0 Å². The van der Waals surface area contributed by atoms with E-state index < -0.39 is 0 Å². The largest absolute Gasteiger partial charge is 0.381 e. The molecule has 0 aliphatic carbocycles. The summed E-state index contributed by atoms with van der Waals surface area (Å²) in [5, 5.41) is 0. The Balaban J connectivity index is 3.13. The fourth-order valence-electron chi connectivity index (χ4n) is 0.559. The number of ether oxygens (including phenoxy) is 1. The molecule has 0 radical (unpaired) electrons. The summed E-state index contributed by atoms with van der Waals surface area (Å²) in [6.45, 7) is 5.62. The first-order valence-corrected chi connectivity index (χ1v) is 4.97. The van der Waals surface area contributed by atoms with Crippen molar-refractivity contribution >= 4 is 23.2 Å². The first-order chi connectivity index (χ1) is 5.20. The van der Waals surface area contributed by atoms with Crippen molar-refractivity contribution in [3.8, 4) is 0 Å². The van der Waals surface area contributed by atoms with Crippen LogP contribution in [-0.2, 0) is 4.74 Å². The molecule has 0 saturated carbocycles. The summed E-state index contributed by atoms with van der Waals surface area (Å²) in [6.07, 6.45) is 0. The molecule has 0 aromatic heterocycles. The zero-order valence-electron chi connectivity index (χ0n) is 7.15. The highest BCUT2D eigenvalue weighted by atomic mass is 35.5. The van der Waals surface area contributed by atoms with Crippen molar-refractivity contribution in [1.29, 1.82) is 0 Å². The molecule has 0 amide bonds. The number of rotatable bonds is 6. The lowest BCUT2D eigenvalue weighted by atomic mass is 10.2. The molecular formula is C8H16Cl2O. The van der Waals surface area contributed by atoms with Crippen molar-refractivity contribution in [1.82, 2.24) is 0 Å². The molecule has 0 spiro atoms. The third kappa shape index (κ3) is 6.92. The van der Waals surface area contributed by atoms with E-state index in [0.29, 0.717) is 23.6 Å². The van der Waals surface area contributed by atoms with Crippen LogP contribution in [0.25, 0.3) is 0 Å². The molecule has 0 aliphatic rings. The maximum Gasteiger partial charge on any atom is 0.0503 e.